The summed E-state index contributed by atoms with van der Waals surface area (Å²) in [4.78, 5) is 16.4. The van der Waals surface area contributed by atoms with Gasteiger partial charge in [-0.2, -0.15) is 0 Å². The normalized spacial score (nSPS) is 15.7. The molecule has 3 nitrogen and oxygen atoms in total. The molecule has 1 atom stereocenters. The fourth-order valence-corrected chi connectivity index (χ4v) is 3.12. The highest BCUT2D eigenvalue weighted by Gasteiger charge is 2.35. The molecule has 1 aromatic rings. The molecule has 0 bridgehead atoms. The third-order valence-electron chi connectivity index (χ3n) is 3.86. The van der Waals surface area contributed by atoms with Crippen molar-refractivity contribution in [2.24, 2.45) is 0 Å². The van der Waals surface area contributed by atoms with Crippen LogP contribution in [0.1, 0.15) is 79.6 Å². The fourth-order valence-electron chi connectivity index (χ4n) is 3.12. The zero-order chi connectivity index (χ0) is 18.3. The van der Waals surface area contributed by atoms with Crippen LogP contribution in [0.25, 0.3) is 0 Å². The topological polar surface area (TPSA) is 23.6 Å². The minimum atomic E-state index is 0.127. The van der Waals surface area contributed by atoms with Gasteiger partial charge in [0, 0.05) is 17.6 Å². The monoisotopic (exact) mass is 320 g/mol. The number of rotatable bonds is 3. The first kappa shape index (κ1) is 21.5. The van der Waals surface area contributed by atoms with E-state index in [1.165, 1.54) is 11.4 Å². The molecule has 1 unspecified atom stereocenters. The van der Waals surface area contributed by atoms with E-state index in [9.17, 15) is 4.79 Å². The van der Waals surface area contributed by atoms with Crippen LogP contribution in [0.2, 0.25) is 0 Å². The van der Waals surface area contributed by atoms with Gasteiger partial charge in [0.05, 0.1) is 17.5 Å². The van der Waals surface area contributed by atoms with E-state index in [0.717, 1.165) is 5.56 Å². The third kappa shape index (κ3) is 4.49. The van der Waals surface area contributed by atoms with E-state index >= 15 is 0 Å². The molecule has 0 fully saturated rings. The maximum Gasteiger partial charge on any atom is 0.159 e. The summed E-state index contributed by atoms with van der Waals surface area (Å²) in [6.07, 6.45) is 0.331. The van der Waals surface area contributed by atoms with Crippen LogP contribution in [0.5, 0.6) is 0 Å². The standard InChI is InChI=1S/C16H24N2O.2C2H6/c1-10(2)17-13(6)18(11(3)4)16-9-14(12(5)19)7-8-15(16)17;2*1-2/h7-11,13H,1-6H3;2*1-2H3. The van der Waals surface area contributed by atoms with Crippen LogP contribution in [-0.2, 0) is 0 Å². The van der Waals surface area contributed by atoms with E-state index in [-0.39, 0.29) is 5.78 Å². The quantitative estimate of drug-likeness (QED) is 0.664. The number of Topliss-reactive ketones (excluding diaryl/α,β-unsaturated/α-hetero) is 1. The minimum absolute atomic E-state index is 0.127. The molecular weight excluding hydrogens is 284 g/mol. The first-order chi connectivity index (χ1) is 10.8. The molecule has 132 valence electrons. The number of ketones is 1. The molecule has 0 N–H and O–H groups in total. The number of anilines is 2. The van der Waals surface area contributed by atoms with Crippen molar-refractivity contribution in [1.29, 1.82) is 0 Å². The molecule has 0 aromatic heterocycles. The molecule has 0 radical (unpaired) electrons. The van der Waals surface area contributed by atoms with Gasteiger partial charge in [-0.1, -0.05) is 27.7 Å². The largest absolute Gasteiger partial charge is 0.347 e. The number of carbonyl (C=O) groups excluding carboxylic acids is 1. The van der Waals surface area contributed by atoms with Crippen LogP contribution in [0.15, 0.2) is 18.2 Å². The van der Waals surface area contributed by atoms with Crippen molar-refractivity contribution >= 4 is 17.2 Å². The van der Waals surface area contributed by atoms with Crippen LogP contribution in [0.3, 0.4) is 0 Å². The van der Waals surface area contributed by atoms with Crippen LogP contribution in [0, 0.1) is 0 Å². The minimum Gasteiger partial charge on any atom is -0.347 e. The number of benzene rings is 1. The molecular formula is C20H36N2O. The highest BCUT2D eigenvalue weighted by molar-refractivity contribution is 5.97. The molecule has 1 heterocycles. The Balaban J connectivity index is 0.00000112. The first-order valence-electron chi connectivity index (χ1n) is 9.06. The van der Waals surface area contributed by atoms with Gasteiger partial charge in [-0.25, -0.2) is 0 Å². The van der Waals surface area contributed by atoms with Crippen LogP contribution in [0.4, 0.5) is 11.4 Å². The lowest BCUT2D eigenvalue weighted by Gasteiger charge is -2.35. The number of nitrogens with zero attached hydrogens (tertiary/aromatic N) is 2. The summed E-state index contributed by atoms with van der Waals surface area (Å²) in [5, 5.41) is 0. The molecule has 0 amide bonds. The SMILES string of the molecule is CC.CC.CC(=O)c1ccc2c(c1)N(C(C)C)C(C)N2C(C)C. The van der Waals surface area contributed by atoms with Gasteiger partial charge in [-0.15, -0.1) is 0 Å². The average Bonchev–Trinajstić information content (AvgIpc) is 2.82. The van der Waals surface area contributed by atoms with E-state index in [1.807, 2.05) is 39.8 Å². The highest BCUT2D eigenvalue weighted by Crippen LogP contribution is 2.42. The second-order valence-electron chi connectivity index (χ2n) is 5.89. The van der Waals surface area contributed by atoms with Gasteiger partial charge in [0.2, 0.25) is 0 Å². The van der Waals surface area contributed by atoms with Gasteiger partial charge in [0.15, 0.2) is 5.78 Å². The van der Waals surface area contributed by atoms with E-state index in [0.29, 0.717) is 18.2 Å². The molecule has 0 aliphatic carbocycles. The van der Waals surface area contributed by atoms with Crippen LogP contribution in [-0.4, -0.2) is 24.0 Å². The molecule has 3 heteroatoms. The van der Waals surface area contributed by atoms with Gasteiger partial charge in [0.1, 0.15) is 0 Å². The molecule has 1 aliphatic heterocycles. The summed E-state index contributed by atoms with van der Waals surface area (Å²) in [7, 11) is 0. The van der Waals surface area contributed by atoms with Crippen molar-refractivity contribution in [3.63, 3.8) is 0 Å². The van der Waals surface area contributed by atoms with Gasteiger partial charge in [0.25, 0.3) is 0 Å². The lowest BCUT2D eigenvalue weighted by atomic mass is 10.1. The Morgan fingerprint density at radius 1 is 0.913 bits per heavy atom. The average molecular weight is 321 g/mol. The zero-order valence-electron chi connectivity index (χ0n) is 16.8. The Hall–Kier alpha value is -1.51. The summed E-state index contributed by atoms with van der Waals surface area (Å²) in [5.74, 6) is 0.127. The number of carbonyl (C=O) groups is 1. The number of hydrogen-bond donors (Lipinski definition) is 0. The van der Waals surface area contributed by atoms with Crippen molar-refractivity contribution in [3.05, 3.63) is 23.8 Å². The maximum absolute atomic E-state index is 11.6. The van der Waals surface area contributed by atoms with Gasteiger partial charge >= 0.3 is 0 Å². The van der Waals surface area contributed by atoms with Crippen molar-refractivity contribution in [3.8, 4) is 0 Å². The Morgan fingerprint density at radius 3 is 1.74 bits per heavy atom. The number of fused-ring (bicyclic) bond motifs is 1. The fraction of sp³-hybridized carbons (Fsp3) is 0.650. The molecule has 1 aliphatic rings. The van der Waals surface area contributed by atoms with Crippen LogP contribution >= 0.6 is 0 Å². The van der Waals surface area contributed by atoms with Gasteiger partial charge in [-0.3, -0.25) is 4.79 Å². The van der Waals surface area contributed by atoms with E-state index < -0.39 is 0 Å². The summed E-state index contributed by atoms with van der Waals surface area (Å²) in [5.41, 5.74) is 3.22. The number of hydrogen-bond acceptors (Lipinski definition) is 3. The van der Waals surface area contributed by atoms with Gasteiger partial charge in [-0.05, 0) is 59.7 Å². The Kier molecular flexibility index (Phi) is 8.96. The van der Waals surface area contributed by atoms with E-state index in [1.54, 1.807) is 6.92 Å². The Labute approximate surface area is 143 Å². The van der Waals surface area contributed by atoms with E-state index in [2.05, 4.69) is 50.5 Å². The summed E-state index contributed by atoms with van der Waals surface area (Å²) < 4.78 is 0. The second kappa shape index (κ2) is 9.59. The van der Waals surface area contributed by atoms with Crippen molar-refractivity contribution in [1.82, 2.24) is 0 Å². The predicted octanol–water partition coefficient (Wildman–Crippen LogP) is 5.73. The summed E-state index contributed by atoms with van der Waals surface area (Å²) >= 11 is 0. The van der Waals surface area contributed by atoms with Crippen molar-refractivity contribution in [2.45, 2.75) is 87.5 Å². The molecule has 0 spiro atoms. The van der Waals surface area contributed by atoms with E-state index in [4.69, 9.17) is 0 Å². The van der Waals surface area contributed by atoms with Crippen LogP contribution < -0.4 is 9.80 Å². The summed E-state index contributed by atoms with van der Waals surface area (Å²) in [6, 6.07) is 6.93. The summed E-state index contributed by atoms with van der Waals surface area (Å²) in [6.45, 7) is 20.7. The second-order valence-corrected chi connectivity index (χ2v) is 5.89. The predicted molar refractivity (Wildman–Crippen MR) is 104 cm³/mol. The highest BCUT2D eigenvalue weighted by atomic mass is 16.1. The third-order valence-corrected chi connectivity index (χ3v) is 3.86. The van der Waals surface area contributed by atoms with Crippen molar-refractivity contribution < 1.29 is 4.79 Å². The maximum atomic E-state index is 11.6. The molecule has 1 aromatic carbocycles. The first-order valence-corrected chi connectivity index (χ1v) is 9.06. The smallest absolute Gasteiger partial charge is 0.159 e. The van der Waals surface area contributed by atoms with Crippen molar-refractivity contribution in [2.75, 3.05) is 9.80 Å². The lowest BCUT2D eigenvalue weighted by Crippen LogP contribution is -2.47. The molecule has 0 saturated heterocycles. The molecule has 0 saturated carbocycles. The Morgan fingerprint density at radius 2 is 1.35 bits per heavy atom. The lowest BCUT2D eigenvalue weighted by molar-refractivity contribution is 0.101. The molecule has 23 heavy (non-hydrogen) atoms. The van der Waals surface area contributed by atoms with Gasteiger partial charge < -0.3 is 9.80 Å². The molecule has 2 rings (SSSR count). The Bertz CT molecular complexity index is 494. The zero-order valence-corrected chi connectivity index (χ0v) is 16.8.